The Balaban J connectivity index is 1.07. The highest BCUT2D eigenvalue weighted by molar-refractivity contribution is 6.12. The average Bonchev–Trinajstić information content (AvgIpc) is 3.73. The van der Waals surface area contributed by atoms with Gasteiger partial charge in [0, 0.05) is 32.9 Å². The zero-order valence-corrected chi connectivity index (χ0v) is 29.6. The Hall–Kier alpha value is -5.86. The Labute approximate surface area is 299 Å². The Bertz CT molecular complexity index is 2810. The first-order chi connectivity index (χ1) is 24.8. The first-order valence-electron chi connectivity index (χ1n) is 18.1. The van der Waals surface area contributed by atoms with Crippen molar-refractivity contribution in [2.45, 2.75) is 44.9 Å². The highest BCUT2D eigenvalue weighted by Gasteiger charge is 2.41. The fourth-order valence-corrected chi connectivity index (χ4v) is 9.41. The van der Waals surface area contributed by atoms with Gasteiger partial charge in [-0.25, -0.2) is 0 Å². The molecule has 0 spiro atoms. The second kappa shape index (κ2) is 10.8. The number of nitrogens with zero attached hydrogens (tertiary/aromatic N) is 2. The lowest BCUT2D eigenvalue weighted by Gasteiger charge is -2.22. The molecule has 51 heavy (non-hydrogen) atoms. The molecule has 0 radical (unpaired) electrons. The molecule has 0 saturated heterocycles. The van der Waals surface area contributed by atoms with Gasteiger partial charge in [-0.1, -0.05) is 125 Å². The van der Waals surface area contributed by atoms with Crippen LogP contribution in [0.1, 0.15) is 45.2 Å². The predicted octanol–water partition coefficient (Wildman–Crippen LogP) is 13.2. The fraction of sp³-hybridized carbons (Fsp3) is 0.143. The molecule has 1 aliphatic carbocycles. The van der Waals surface area contributed by atoms with Crippen molar-refractivity contribution in [3.63, 3.8) is 0 Å². The molecule has 0 fully saturated rings. The van der Waals surface area contributed by atoms with Crippen molar-refractivity contribution >= 4 is 43.6 Å². The summed E-state index contributed by atoms with van der Waals surface area (Å²) in [5.41, 5.74) is 15.6. The largest absolute Gasteiger partial charge is 0.309 e. The molecule has 9 aromatic rings. The van der Waals surface area contributed by atoms with Crippen LogP contribution in [-0.2, 0) is 10.8 Å². The summed E-state index contributed by atoms with van der Waals surface area (Å²) in [6, 6.07) is 58.4. The molecule has 2 heteroatoms. The third-order valence-corrected chi connectivity index (χ3v) is 11.5. The van der Waals surface area contributed by atoms with Crippen LogP contribution in [0.25, 0.3) is 77.2 Å². The van der Waals surface area contributed by atoms with Gasteiger partial charge in [0.15, 0.2) is 0 Å². The van der Waals surface area contributed by atoms with Crippen LogP contribution in [0, 0.1) is 0 Å². The SMILES string of the molecule is CC1(C)CC(C)(C)c2cc(-c3ccc(-n4c5ccccc5c5cc(-c6ccc7c(c6)c6ccccc6n7-c6ccccc6)ccc54)cc3)ccc21. The summed E-state index contributed by atoms with van der Waals surface area (Å²) in [6.07, 6.45) is 1.18. The molecular formula is C49H40N2. The molecule has 0 saturated carbocycles. The Morgan fingerprint density at radius 1 is 0.353 bits per heavy atom. The van der Waals surface area contributed by atoms with Gasteiger partial charge in [0.05, 0.1) is 22.1 Å². The van der Waals surface area contributed by atoms with E-state index in [1.165, 1.54) is 94.8 Å². The first-order valence-corrected chi connectivity index (χ1v) is 18.1. The van der Waals surface area contributed by atoms with Crippen molar-refractivity contribution < 1.29 is 0 Å². The Kier molecular flexibility index (Phi) is 6.36. The minimum atomic E-state index is 0.184. The number of hydrogen-bond donors (Lipinski definition) is 0. The minimum Gasteiger partial charge on any atom is -0.309 e. The predicted molar refractivity (Wildman–Crippen MR) is 217 cm³/mol. The quantitative estimate of drug-likeness (QED) is 0.178. The number of rotatable bonds is 4. The molecule has 10 rings (SSSR count). The maximum Gasteiger partial charge on any atom is 0.0541 e. The van der Waals surface area contributed by atoms with E-state index in [-0.39, 0.29) is 10.8 Å². The molecule has 2 heterocycles. The van der Waals surface area contributed by atoms with Crippen molar-refractivity contribution in [1.29, 1.82) is 0 Å². The number of benzene rings is 7. The molecule has 1 aliphatic rings. The smallest absolute Gasteiger partial charge is 0.0541 e. The third kappa shape index (κ3) is 4.56. The molecule has 2 nitrogen and oxygen atoms in total. The molecule has 0 N–H and O–H groups in total. The molecular weight excluding hydrogens is 617 g/mol. The van der Waals surface area contributed by atoms with Gasteiger partial charge < -0.3 is 9.13 Å². The van der Waals surface area contributed by atoms with Crippen molar-refractivity contribution in [3.8, 4) is 33.6 Å². The Morgan fingerprint density at radius 2 is 0.784 bits per heavy atom. The highest BCUT2D eigenvalue weighted by atomic mass is 15.0. The molecule has 246 valence electrons. The molecule has 0 unspecified atom stereocenters. The summed E-state index contributed by atoms with van der Waals surface area (Å²) in [4.78, 5) is 0. The maximum absolute atomic E-state index is 2.44. The number of aromatic nitrogens is 2. The van der Waals surface area contributed by atoms with E-state index < -0.39 is 0 Å². The normalized spacial score (nSPS) is 14.9. The van der Waals surface area contributed by atoms with Crippen LogP contribution in [0.15, 0.2) is 158 Å². The van der Waals surface area contributed by atoms with Crippen LogP contribution in [0.5, 0.6) is 0 Å². The van der Waals surface area contributed by atoms with Gasteiger partial charge in [-0.2, -0.15) is 0 Å². The van der Waals surface area contributed by atoms with E-state index in [2.05, 4.69) is 195 Å². The molecule has 0 aliphatic heterocycles. The zero-order chi connectivity index (χ0) is 34.5. The number of fused-ring (bicyclic) bond motifs is 7. The standard InChI is InChI=1S/C49H40N2/c1-48(2)31-49(3,4)43-30-35(20-25-42(43)48)32-18-23-37(24-19-32)51-45-17-11-9-15-39(45)41-29-34(22-27-47(41)51)33-21-26-46-40(28-33)38-14-8-10-16-44(38)50(46)36-12-6-5-7-13-36/h5-30H,31H2,1-4H3. The van der Waals surface area contributed by atoms with Gasteiger partial charge in [-0.3, -0.25) is 0 Å². The maximum atomic E-state index is 2.44. The molecule has 0 amide bonds. The van der Waals surface area contributed by atoms with Gasteiger partial charge in [0.2, 0.25) is 0 Å². The fourth-order valence-electron chi connectivity index (χ4n) is 9.41. The van der Waals surface area contributed by atoms with Gasteiger partial charge in [0.1, 0.15) is 0 Å². The zero-order valence-electron chi connectivity index (χ0n) is 29.6. The summed E-state index contributed by atoms with van der Waals surface area (Å²) in [5, 5.41) is 5.07. The van der Waals surface area contributed by atoms with Crippen LogP contribution in [0.3, 0.4) is 0 Å². The van der Waals surface area contributed by atoms with E-state index in [4.69, 9.17) is 0 Å². The molecule has 0 atom stereocenters. The van der Waals surface area contributed by atoms with Crippen molar-refractivity contribution in [1.82, 2.24) is 9.13 Å². The second-order valence-corrected chi connectivity index (χ2v) is 15.8. The van der Waals surface area contributed by atoms with E-state index in [9.17, 15) is 0 Å². The molecule has 7 aromatic carbocycles. The number of para-hydroxylation sites is 3. The highest BCUT2D eigenvalue weighted by Crippen LogP contribution is 2.50. The average molecular weight is 657 g/mol. The van der Waals surface area contributed by atoms with E-state index in [0.717, 1.165) is 0 Å². The molecule has 0 bridgehead atoms. The van der Waals surface area contributed by atoms with Crippen LogP contribution in [-0.4, -0.2) is 9.13 Å². The van der Waals surface area contributed by atoms with Gasteiger partial charge in [0.25, 0.3) is 0 Å². The molecule has 2 aromatic heterocycles. The summed E-state index contributed by atoms with van der Waals surface area (Å²) in [7, 11) is 0. The van der Waals surface area contributed by atoms with E-state index in [1.807, 2.05) is 0 Å². The lowest BCUT2D eigenvalue weighted by molar-refractivity contribution is 0.403. The Morgan fingerprint density at radius 3 is 1.37 bits per heavy atom. The van der Waals surface area contributed by atoms with Gasteiger partial charge >= 0.3 is 0 Å². The van der Waals surface area contributed by atoms with Gasteiger partial charge in [-0.05, 0) is 111 Å². The lowest BCUT2D eigenvalue weighted by Crippen LogP contribution is -2.17. The summed E-state index contributed by atoms with van der Waals surface area (Å²) in [5.74, 6) is 0. The van der Waals surface area contributed by atoms with Crippen LogP contribution < -0.4 is 0 Å². The van der Waals surface area contributed by atoms with Crippen LogP contribution in [0.4, 0.5) is 0 Å². The topological polar surface area (TPSA) is 9.86 Å². The monoisotopic (exact) mass is 656 g/mol. The van der Waals surface area contributed by atoms with Gasteiger partial charge in [-0.15, -0.1) is 0 Å². The van der Waals surface area contributed by atoms with Crippen LogP contribution in [0.2, 0.25) is 0 Å². The second-order valence-electron chi connectivity index (χ2n) is 15.8. The summed E-state index contributed by atoms with van der Waals surface area (Å²) < 4.78 is 4.80. The van der Waals surface area contributed by atoms with E-state index in [1.54, 1.807) is 0 Å². The van der Waals surface area contributed by atoms with Crippen molar-refractivity contribution in [2.75, 3.05) is 0 Å². The summed E-state index contributed by atoms with van der Waals surface area (Å²) in [6.45, 7) is 9.55. The number of hydrogen-bond acceptors (Lipinski definition) is 0. The van der Waals surface area contributed by atoms with E-state index in [0.29, 0.717) is 0 Å². The third-order valence-electron chi connectivity index (χ3n) is 11.5. The van der Waals surface area contributed by atoms with E-state index >= 15 is 0 Å². The lowest BCUT2D eigenvalue weighted by atomic mass is 9.82. The minimum absolute atomic E-state index is 0.184. The van der Waals surface area contributed by atoms with Crippen molar-refractivity contribution in [2.24, 2.45) is 0 Å². The summed E-state index contributed by atoms with van der Waals surface area (Å²) >= 11 is 0. The van der Waals surface area contributed by atoms with Crippen molar-refractivity contribution in [3.05, 3.63) is 169 Å². The van der Waals surface area contributed by atoms with Crippen LogP contribution >= 0.6 is 0 Å². The first kappa shape index (κ1) is 30.0.